The smallest absolute Gasteiger partial charge is 0.295 e. The lowest BCUT2D eigenvalue weighted by Gasteiger charge is -2.14. The fraction of sp³-hybridized carbons (Fsp3) is 0.207. The predicted molar refractivity (Wildman–Crippen MR) is 154 cm³/mol. The molecular weight excluding hydrogens is 516 g/mol. The van der Waals surface area contributed by atoms with Crippen molar-refractivity contribution in [1.82, 2.24) is 9.36 Å². The molecule has 0 aliphatic heterocycles. The van der Waals surface area contributed by atoms with E-state index in [1.807, 2.05) is 36.4 Å². The molecule has 0 aliphatic rings. The zero-order valence-corrected chi connectivity index (χ0v) is 23.2. The second-order valence-electron chi connectivity index (χ2n) is 8.71. The van der Waals surface area contributed by atoms with Gasteiger partial charge in [0.1, 0.15) is 22.7 Å². The van der Waals surface area contributed by atoms with Crippen LogP contribution in [0.15, 0.2) is 82.5 Å². The third kappa shape index (κ3) is 5.85. The summed E-state index contributed by atoms with van der Waals surface area (Å²) in [6, 6.07) is 21.5. The molecule has 3 aromatic carbocycles. The molecule has 1 unspecified atom stereocenters. The van der Waals surface area contributed by atoms with E-state index >= 15 is 0 Å². The number of aromatic nitrogens is 2. The number of hydrogen-bond donors (Lipinski definition) is 2. The maximum absolute atomic E-state index is 13.1. The number of rotatable bonds is 9. The van der Waals surface area contributed by atoms with Gasteiger partial charge in [0, 0.05) is 17.6 Å². The summed E-state index contributed by atoms with van der Waals surface area (Å²) >= 11 is 1.31. The van der Waals surface area contributed by atoms with Gasteiger partial charge in [-0.1, -0.05) is 30.3 Å². The first kappa shape index (κ1) is 27.6. The van der Waals surface area contributed by atoms with Crippen molar-refractivity contribution in [3.05, 3.63) is 94.4 Å². The van der Waals surface area contributed by atoms with E-state index in [0.29, 0.717) is 28.6 Å². The lowest BCUT2D eigenvalue weighted by Crippen LogP contribution is -2.27. The van der Waals surface area contributed by atoms with E-state index in [0.717, 1.165) is 4.90 Å². The van der Waals surface area contributed by atoms with Gasteiger partial charge in [-0.2, -0.15) is 0 Å². The van der Waals surface area contributed by atoms with Crippen LogP contribution in [0.3, 0.4) is 0 Å². The lowest BCUT2D eigenvalue weighted by atomic mass is 10.1. The fourth-order valence-corrected chi connectivity index (χ4v) is 5.04. The highest BCUT2D eigenvalue weighted by Crippen LogP contribution is 2.31. The Bertz CT molecular complexity index is 1540. The predicted octanol–water partition coefficient (Wildman–Crippen LogP) is 4.87. The van der Waals surface area contributed by atoms with Gasteiger partial charge in [0.2, 0.25) is 5.91 Å². The van der Waals surface area contributed by atoms with Crippen LogP contribution in [0.1, 0.15) is 23.0 Å². The topological polar surface area (TPSA) is 104 Å². The number of ether oxygens (including phenoxy) is 2. The van der Waals surface area contributed by atoms with Crippen molar-refractivity contribution in [3.63, 3.8) is 0 Å². The van der Waals surface area contributed by atoms with Gasteiger partial charge in [-0.3, -0.25) is 19.1 Å². The Kier molecular flexibility index (Phi) is 8.46. The highest BCUT2D eigenvalue weighted by atomic mass is 32.2. The van der Waals surface area contributed by atoms with Crippen LogP contribution in [0, 0.1) is 6.92 Å². The number of amides is 2. The van der Waals surface area contributed by atoms with Crippen LogP contribution in [0.4, 0.5) is 11.4 Å². The third-order valence-corrected chi connectivity index (χ3v) is 7.33. The number of carbonyl (C=O) groups is 2. The number of thioether (sulfide) groups is 1. The largest absolute Gasteiger partial charge is 0.496 e. The summed E-state index contributed by atoms with van der Waals surface area (Å²) in [4.78, 5) is 40.0. The quantitative estimate of drug-likeness (QED) is 0.290. The van der Waals surface area contributed by atoms with Gasteiger partial charge < -0.3 is 20.1 Å². The van der Waals surface area contributed by atoms with E-state index < -0.39 is 5.25 Å². The van der Waals surface area contributed by atoms with Gasteiger partial charge in [-0.05, 0) is 56.3 Å². The van der Waals surface area contributed by atoms with Crippen LogP contribution < -0.4 is 25.7 Å². The maximum atomic E-state index is 13.1. The molecule has 9 nitrogen and oxygen atoms in total. The number of nitrogens with zero attached hydrogens (tertiary/aromatic N) is 2. The van der Waals surface area contributed by atoms with Gasteiger partial charge in [0.05, 0.1) is 30.9 Å². The Morgan fingerprint density at radius 2 is 1.54 bits per heavy atom. The summed E-state index contributed by atoms with van der Waals surface area (Å²) in [5, 5.41) is 5.16. The highest BCUT2D eigenvalue weighted by Gasteiger charge is 2.22. The van der Waals surface area contributed by atoms with E-state index in [9.17, 15) is 14.4 Å². The summed E-state index contributed by atoms with van der Waals surface area (Å²) in [7, 11) is 4.75. The SMILES string of the molecule is COc1cccc(OC)c1C(=O)Nc1cccc(SC(C)C(=O)Nc2c(C)n(C)n(-c3ccccc3)c2=O)c1. The molecule has 0 saturated heterocycles. The van der Waals surface area contributed by atoms with Gasteiger partial charge in [0.15, 0.2) is 0 Å². The first-order valence-corrected chi connectivity index (χ1v) is 13.1. The van der Waals surface area contributed by atoms with Crippen LogP contribution in [-0.4, -0.2) is 40.6 Å². The zero-order valence-electron chi connectivity index (χ0n) is 22.3. The van der Waals surface area contributed by atoms with Crippen LogP contribution in [0.25, 0.3) is 5.69 Å². The molecule has 10 heteroatoms. The summed E-state index contributed by atoms with van der Waals surface area (Å²) in [5.74, 6) is 0.0982. The molecule has 1 aromatic heterocycles. The molecule has 2 N–H and O–H groups in total. The van der Waals surface area contributed by atoms with Crippen molar-refractivity contribution in [2.24, 2.45) is 7.05 Å². The fourth-order valence-electron chi connectivity index (χ4n) is 4.11. The molecule has 0 bridgehead atoms. The van der Waals surface area contributed by atoms with Crippen molar-refractivity contribution >= 4 is 35.0 Å². The normalized spacial score (nSPS) is 11.5. The molecule has 0 aliphatic carbocycles. The third-order valence-electron chi connectivity index (χ3n) is 6.23. The number of hydrogen-bond acceptors (Lipinski definition) is 6. The van der Waals surface area contributed by atoms with Crippen molar-refractivity contribution in [2.75, 3.05) is 24.9 Å². The summed E-state index contributed by atoms with van der Waals surface area (Å²) in [6.45, 7) is 3.55. The van der Waals surface area contributed by atoms with Crippen LogP contribution in [0.2, 0.25) is 0 Å². The van der Waals surface area contributed by atoms with Gasteiger partial charge in [-0.15, -0.1) is 11.8 Å². The van der Waals surface area contributed by atoms with E-state index in [1.165, 1.54) is 30.7 Å². The number of para-hydroxylation sites is 1. The number of methoxy groups -OCH3 is 2. The number of anilines is 2. The van der Waals surface area contributed by atoms with Crippen LogP contribution >= 0.6 is 11.8 Å². The molecule has 2 amide bonds. The van der Waals surface area contributed by atoms with E-state index in [4.69, 9.17) is 9.47 Å². The first-order valence-electron chi connectivity index (χ1n) is 12.2. The molecule has 0 spiro atoms. The van der Waals surface area contributed by atoms with Gasteiger partial charge in [0.25, 0.3) is 11.5 Å². The molecule has 39 heavy (non-hydrogen) atoms. The monoisotopic (exact) mass is 546 g/mol. The first-order chi connectivity index (χ1) is 18.7. The van der Waals surface area contributed by atoms with Crippen molar-refractivity contribution in [1.29, 1.82) is 0 Å². The molecule has 4 rings (SSSR count). The summed E-state index contributed by atoms with van der Waals surface area (Å²) in [5.41, 5.74) is 2.13. The Hall–Kier alpha value is -4.44. The van der Waals surface area contributed by atoms with Gasteiger partial charge >= 0.3 is 0 Å². The Morgan fingerprint density at radius 3 is 2.18 bits per heavy atom. The minimum atomic E-state index is -0.519. The molecule has 1 heterocycles. The molecular formula is C29H30N4O5S. The molecule has 202 valence electrons. The molecule has 0 fully saturated rings. The molecule has 1 atom stereocenters. The lowest BCUT2D eigenvalue weighted by molar-refractivity contribution is -0.115. The molecule has 4 aromatic rings. The summed E-state index contributed by atoms with van der Waals surface area (Å²) < 4.78 is 13.9. The number of benzene rings is 3. The minimum Gasteiger partial charge on any atom is -0.496 e. The van der Waals surface area contributed by atoms with E-state index in [1.54, 1.807) is 62.0 Å². The van der Waals surface area contributed by atoms with E-state index in [2.05, 4.69) is 10.6 Å². The number of nitrogens with one attached hydrogen (secondary N) is 2. The minimum absolute atomic E-state index is 0.241. The van der Waals surface area contributed by atoms with Crippen LogP contribution in [-0.2, 0) is 11.8 Å². The second kappa shape index (κ2) is 12.0. The standard InChI is InChI=1S/C29H30N4O5S/c1-18-26(29(36)33(32(18)3)21-12-7-6-8-13-21)31-27(34)19(2)39-22-14-9-11-20(17-22)30-28(35)25-23(37-4)15-10-16-24(25)38-5/h6-17,19H,1-5H3,(H,30,35)(H,31,34). The average Bonchev–Trinajstić information content (AvgIpc) is 3.15. The van der Waals surface area contributed by atoms with E-state index in [-0.39, 0.29) is 28.6 Å². The van der Waals surface area contributed by atoms with Crippen LogP contribution in [0.5, 0.6) is 11.5 Å². The Labute approximate surface area is 230 Å². The molecule has 0 saturated carbocycles. The highest BCUT2D eigenvalue weighted by molar-refractivity contribution is 8.00. The molecule has 0 radical (unpaired) electrons. The average molecular weight is 547 g/mol. The number of carbonyl (C=O) groups excluding carboxylic acids is 2. The van der Waals surface area contributed by atoms with Gasteiger partial charge in [-0.25, -0.2) is 4.68 Å². The second-order valence-corrected chi connectivity index (χ2v) is 10.1. The Morgan fingerprint density at radius 1 is 0.897 bits per heavy atom. The zero-order chi connectivity index (χ0) is 28.1. The van der Waals surface area contributed by atoms with Crippen molar-refractivity contribution < 1.29 is 19.1 Å². The van der Waals surface area contributed by atoms with Crippen molar-refractivity contribution in [3.8, 4) is 17.2 Å². The summed E-state index contributed by atoms with van der Waals surface area (Å²) in [6.07, 6.45) is 0. The maximum Gasteiger partial charge on any atom is 0.295 e. The van der Waals surface area contributed by atoms with Crippen molar-refractivity contribution in [2.45, 2.75) is 24.0 Å². The Balaban J connectivity index is 1.48.